The Morgan fingerprint density at radius 2 is 0.851 bits per heavy atom. The molecule has 0 N–H and O–H groups in total. The van der Waals surface area contributed by atoms with Gasteiger partial charge in [0.15, 0.2) is 0 Å². The lowest BCUT2D eigenvalue weighted by Gasteiger charge is -2.21. The molecule has 10 rings (SSSR count). The number of furan rings is 1. The second-order valence-corrected chi connectivity index (χ2v) is 12.4. The minimum atomic E-state index is 0.914. The predicted molar refractivity (Wildman–Crippen MR) is 200 cm³/mol. The summed E-state index contributed by atoms with van der Waals surface area (Å²) in [4.78, 5) is 0. The van der Waals surface area contributed by atoms with Gasteiger partial charge in [0, 0.05) is 21.7 Å². The predicted octanol–water partition coefficient (Wildman–Crippen LogP) is 13.2. The highest BCUT2D eigenvalue weighted by molar-refractivity contribution is 6.31. The third kappa shape index (κ3) is 3.84. The van der Waals surface area contributed by atoms with Crippen molar-refractivity contribution in [2.24, 2.45) is 0 Å². The fourth-order valence-corrected chi connectivity index (χ4v) is 7.85. The van der Waals surface area contributed by atoms with Crippen LogP contribution >= 0.6 is 0 Å². The first-order valence-corrected chi connectivity index (χ1v) is 16.2. The molecule has 1 aromatic heterocycles. The third-order valence-electron chi connectivity index (χ3n) is 9.84. The van der Waals surface area contributed by atoms with Gasteiger partial charge in [-0.1, -0.05) is 158 Å². The Labute approximate surface area is 271 Å². The van der Waals surface area contributed by atoms with Crippen LogP contribution in [0.4, 0.5) is 0 Å². The van der Waals surface area contributed by atoms with Crippen LogP contribution in [0.2, 0.25) is 0 Å². The van der Waals surface area contributed by atoms with E-state index in [2.05, 4.69) is 170 Å². The lowest BCUT2D eigenvalue weighted by Crippen LogP contribution is -1.93. The highest BCUT2D eigenvalue weighted by Gasteiger charge is 2.24. The average molecular weight is 597 g/mol. The first kappa shape index (κ1) is 26.1. The molecule has 1 heteroatoms. The van der Waals surface area contributed by atoms with E-state index in [1.54, 1.807) is 0 Å². The van der Waals surface area contributed by atoms with Crippen LogP contribution in [0.25, 0.3) is 98.4 Å². The zero-order chi connectivity index (χ0) is 30.9. The first-order valence-electron chi connectivity index (χ1n) is 16.2. The van der Waals surface area contributed by atoms with Crippen molar-refractivity contribution in [1.29, 1.82) is 0 Å². The van der Waals surface area contributed by atoms with Gasteiger partial charge in [0.2, 0.25) is 0 Å². The van der Waals surface area contributed by atoms with Crippen LogP contribution in [0.1, 0.15) is 0 Å². The molecule has 1 heterocycles. The van der Waals surface area contributed by atoms with Gasteiger partial charge in [-0.05, 0) is 77.7 Å². The molecule has 0 spiro atoms. The average Bonchev–Trinajstić information content (AvgIpc) is 3.52. The van der Waals surface area contributed by atoms with Gasteiger partial charge >= 0.3 is 0 Å². The Morgan fingerprint density at radius 3 is 1.55 bits per heavy atom. The Hall–Kier alpha value is -6.18. The lowest BCUT2D eigenvalue weighted by atomic mass is 9.82. The van der Waals surface area contributed by atoms with Crippen molar-refractivity contribution >= 4 is 65.0 Å². The molecule has 47 heavy (non-hydrogen) atoms. The fraction of sp³-hybridized carbons (Fsp3) is 0. The summed E-state index contributed by atoms with van der Waals surface area (Å²) in [7, 11) is 0. The summed E-state index contributed by atoms with van der Waals surface area (Å²) in [5.41, 5.74) is 9.27. The van der Waals surface area contributed by atoms with Crippen molar-refractivity contribution in [1.82, 2.24) is 0 Å². The molecule has 0 saturated heterocycles. The summed E-state index contributed by atoms with van der Waals surface area (Å²) < 4.78 is 6.82. The largest absolute Gasteiger partial charge is 0.455 e. The summed E-state index contributed by atoms with van der Waals surface area (Å²) >= 11 is 0. The van der Waals surface area contributed by atoms with Gasteiger partial charge in [-0.25, -0.2) is 0 Å². The summed E-state index contributed by atoms with van der Waals surface area (Å²) in [5.74, 6) is 0. The standard InChI is InChI=1S/C46H28O/c1-2-14-29(15-3-1)32-18-8-9-21-35(32)42-36-22-10-12-24-38(36)43(39-25-13-11-23-37(39)42)45-33-19-6-5-17-31(33)28-41-44(45)40-27-26-30-16-4-7-20-34(30)46(40)47-41/h1-28H. The summed E-state index contributed by atoms with van der Waals surface area (Å²) in [6, 6.07) is 61.4. The molecule has 1 nitrogen and oxygen atoms in total. The smallest absolute Gasteiger partial charge is 0.143 e. The minimum absolute atomic E-state index is 0.914. The number of benzene rings is 9. The molecule has 0 aliphatic rings. The van der Waals surface area contributed by atoms with Crippen LogP contribution < -0.4 is 0 Å². The van der Waals surface area contributed by atoms with Crippen LogP contribution in [0.3, 0.4) is 0 Å². The van der Waals surface area contributed by atoms with Gasteiger partial charge < -0.3 is 4.42 Å². The van der Waals surface area contributed by atoms with E-state index < -0.39 is 0 Å². The molecule has 0 aliphatic carbocycles. The van der Waals surface area contributed by atoms with Gasteiger partial charge in [0.25, 0.3) is 0 Å². The maximum absolute atomic E-state index is 6.82. The van der Waals surface area contributed by atoms with Crippen molar-refractivity contribution in [3.63, 3.8) is 0 Å². The summed E-state index contributed by atoms with van der Waals surface area (Å²) in [6.07, 6.45) is 0. The Morgan fingerprint density at radius 1 is 0.319 bits per heavy atom. The second-order valence-electron chi connectivity index (χ2n) is 12.4. The number of rotatable bonds is 3. The SMILES string of the molecule is c1ccc(-c2ccccc2-c2c3ccccc3c(-c3c4ccccc4cc4oc5c6ccccc6ccc5c34)c3ccccc23)cc1. The highest BCUT2D eigenvalue weighted by atomic mass is 16.3. The molecule has 0 unspecified atom stereocenters. The van der Waals surface area contributed by atoms with E-state index in [0.29, 0.717) is 0 Å². The zero-order valence-corrected chi connectivity index (χ0v) is 25.6. The molecule has 10 aromatic rings. The van der Waals surface area contributed by atoms with Crippen molar-refractivity contribution < 1.29 is 4.42 Å². The van der Waals surface area contributed by atoms with E-state index in [4.69, 9.17) is 4.42 Å². The first-order chi connectivity index (χ1) is 23.3. The topological polar surface area (TPSA) is 13.1 Å². The monoisotopic (exact) mass is 596 g/mol. The third-order valence-corrected chi connectivity index (χ3v) is 9.84. The number of hydrogen-bond donors (Lipinski definition) is 0. The van der Waals surface area contributed by atoms with E-state index in [-0.39, 0.29) is 0 Å². The highest BCUT2D eigenvalue weighted by Crippen LogP contribution is 2.50. The molecule has 0 aliphatic heterocycles. The summed E-state index contributed by atoms with van der Waals surface area (Å²) in [5, 5.41) is 12.0. The maximum atomic E-state index is 6.82. The van der Waals surface area contributed by atoms with Gasteiger partial charge in [-0.15, -0.1) is 0 Å². The van der Waals surface area contributed by atoms with Crippen molar-refractivity contribution in [2.45, 2.75) is 0 Å². The minimum Gasteiger partial charge on any atom is -0.455 e. The van der Waals surface area contributed by atoms with E-state index >= 15 is 0 Å². The molecule has 0 bridgehead atoms. The van der Waals surface area contributed by atoms with Crippen molar-refractivity contribution in [2.75, 3.05) is 0 Å². The lowest BCUT2D eigenvalue weighted by molar-refractivity contribution is 0.673. The van der Waals surface area contributed by atoms with Gasteiger partial charge in [-0.3, -0.25) is 0 Å². The van der Waals surface area contributed by atoms with Gasteiger partial charge in [0.05, 0.1) is 0 Å². The van der Waals surface area contributed by atoms with Gasteiger partial charge in [-0.2, -0.15) is 0 Å². The van der Waals surface area contributed by atoms with Crippen molar-refractivity contribution in [3.8, 4) is 33.4 Å². The second kappa shape index (κ2) is 10.2. The number of fused-ring (bicyclic) bond motifs is 8. The molecule has 9 aromatic carbocycles. The normalized spacial score (nSPS) is 11.8. The fourth-order valence-electron chi connectivity index (χ4n) is 7.85. The molecule has 0 radical (unpaired) electrons. The quantitative estimate of drug-likeness (QED) is 0.185. The Balaban J connectivity index is 1.41. The molecule has 0 saturated carbocycles. The molecule has 0 fully saturated rings. The van der Waals surface area contributed by atoms with Crippen LogP contribution in [-0.4, -0.2) is 0 Å². The van der Waals surface area contributed by atoms with Gasteiger partial charge in [0.1, 0.15) is 11.2 Å². The van der Waals surface area contributed by atoms with E-state index in [1.165, 1.54) is 71.1 Å². The molecular weight excluding hydrogens is 569 g/mol. The molecule has 0 amide bonds. The Bertz CT molecular complexity index is 2780. The number of hydrogen-bond acceptors (Lipinski definition) is 1. The van der Waals surface area contributed by atoms with Crippen LogP contribution in [0.5, 0.6) is 0 Å². The van der Waals surface area contributed by atoms with Crippen molar-refractivity contribution in [3.05, 3.63) is 170 Å². The van der Waals surface area contributed by atoms with Crippen LogP contribution in [0.15, 0.2) is 174 Å². The molecule has 0 atom stereocenters. The van der Waals surface area contributed by atoms with Crippen LogP contribution in [0, 0.1) is 0 Å². The Kier molecular flexibility index (Phi) is 5.64. The molecule has 218 valence electrons. The van der Waals surface area contributed by atoms with E-state index in [1.807, 2.05) is 0 Å². The maximum Gasteiger partial charge on any atom is 0.143 e. The zero-order valence-electron chi connectivity index (χ0n) is 25.6. The van der Waals surface area contributed by atoms with Crippen LogP contribution in [-0.2, 0) is 0 Å². The molecular formula is C46H28O. The summed E-state index contributed by atoms with van der Waals surface area (Å²) in [6.45, 7) is 0. The van der Waals surface area contributed by atoms with E-state index in [0.717, 1.165) is 27.3 Å². The van der Waals surface area contributed by atoms with E-state index in [9.17, 15) is 0 Å².